The Balaban J connectivity index is 2.78. The normalized spacial score (nSPS) is 11.6. The molecule has 0 aliphatic heterocycles. The molecule has 0 amide bonds. The Morgan fingerprint density at radius 1 is 1.53 bits per heavy atom. The van der Waals surface area contributed by atoms with Gasteiger partial charge in [-0.1, -0.05) is 6.07 Å². The van der Waals surface area contributed by atoms with E-state index in [2.05, 4.69) is 9.72 Å². The summed E-state index contributed by atoms with van der Waals surface area (Å²) in [5, 5.41) is 8.98. The highest BCUT2D eigenvalue weighted by Crippen LogP contribution is 2.23. The van der Waals surface area contributed by atoms with Gasteiger partial charge in [0.2, 0.25) is 5.88 Å². The lowest BCUT2D eigenvalue weighted by molar-refractivity contribution is -0.142. The molecular weight excluding hydrogens is 232 g/mol. The van der Waals surface area contributed by atoms with Crippen molar-refractivity contribution in [2.24, 2.45) is 0 Å². The van der Waals surface area contributed by atoms with Crippen LogP contribution in [0.1, 0.15) is 19.4 Å². The highest BCUT2D eigenvalue weighted by atomic mass is 19.3. The van der Waals surface area contributed by atoms with Crippen LogP contribution in [0.25, 0.3) is 0 Å². The maximum atomic E-state index is 11.9. The average molecular weight is 245 g/mol. The van der Waals surface area contributed by atoms with Crippen molar-refractivity contribution >= 4 is 5.97 Å². The minimum Gasteiger partial charge on any atom is -0.481 e. The Kier molecular flexibility index (Phi) is 3.98. The molecule has 0 aliphatic rings. The van der Waals surface area contributed by atoms with Gasteiger partial charge in [0, 0.05) is 12.3 Å². The topological polar surface area (TPSA) is 59.4 Å². The second-order valence-corrected chi connectivity index (χ2v) is 4.02. The molecule has 0 saturated carbocycles. The average Bonchev–Trinajstić information content (AvgIpc) is 2.26. The fourth-order valence-electron chi connectivity index (χ4n) is 1.11. The number of carboxylic acids is 1. The van der Waals surface area contributed by atoms with Gasteiger partial charge in [-0.05, 0) is 19.4 Å². The Bertz CT molecular complexity index is 390. The minimum atomic E-state index is -2.56. The molecular formula is C11H13F2NO3. The number of hydrogen-bond donors (Lipinski definition) is 1. The number of rotatable bonds is 5. The molecule has 1 N–H and O–H groups in total. The van der Waals surface area contributed by atoms with Crippen molar-refractivity contribution in [3.05, 3.63) is 23.9 Å². The second-order valence-electron chi connectivity index (χ2n) is 4.02. The lowest BCUT2D eigenvalue weighted by atomic mass is 9.86. The van der Waals surface area contributed by atoms with Gasteiger partial charge in [0.1, 0.15) is 0 Å². The summed E-state index contributed by atoms with van der Waals surface area (Å²) in [4.78, 5) is 14.7. The van der Waals surface area contributed by atoms with E-state index in [1.54, 1.807) is 0 Å². The predicted molar refractivity (Wildman–Crippen MR) is 56.4 cm³/mol. The first-order valence-electron chi connectivity index (χ1n) is 4.95. The molecule has 1 aromatic rings. The Morgan fingerprint density at radius 3 is 2.59 bits per heavy atom. The van der Waals surface area contributed by atoms with Crippen LogP contribution in [0.5, 0.6) is 5.88 Å². The third kappa shape index (κ3) is 3.37. The van der Waals surface area contributed by atoms with Crippen LogP contribution in [0.4, 0.5) is 8.78 Å². The quantitative estimate of drug-likeness (QED) is 0.862. The third-order valence-corrected chi connectivity index (χ3v) is 2.35. The van der Waals surface area contributed by atoms with E-state index < -0.39 is 24.4 Å². The van der Waals surface area contributed by atoms with E-state index in [1.165, 1.54) is 32.2 Å². The predicted octanol–water partition coefficient (Wildman–Crippen LogP) is 2.09. The van der Waals surface area contributed by atoms with Crippen LogP contribution in [0.15, 0.2) is 18.3 Å². The van der Waals surface area contributed by atoms with Gasteiger partial charge in [-0.2, -0.15) is 0 Å². The molecule has 0 fully saturated rings. The SMILES string of the molecule is CC(C)(C(=O)O)c1ccc(OCC(F)F)nc1. The van der Waals surface area contributed by atoms with E-state index in [9.17, 15) is 13.6 Å². The van der Waals surface area contributed by atoms with Gasteiger partial charge >= 0.3 is 5.97 Å². The van der Waals surface area contributed by atoms with Gasteiger partial charge in [-0.3, -0.25) is 4.79 Å². The molecule has 0 bridgehead atoms. The van der Waals surface area contributed by atoms with E-state index in [1.807, 2.05) is 0 Å². The van der Waals surface area contributed by atoms with Crippen molar-refractivity contribution in [2.75, 3.05) is 6.61 Å². The van der Waals surface area contributed by atoms with Gasteiger partial charge in [0.25, 0.3) is 6.43 Å². The first-order valence-corrected chi connectivity index (χ1v) is 4.95. The Hall–Kier alpha value is -1.72. The maximum absolute atomic E-state index is 11.9. The van der Waals surface area contributed by atoms with Gasteiger partial charge in [-0.15, -0.1) is 0 Å². The van der Waals surface area contributed by atoms with E-state index in [4.69, 9.17) is 5.11 Å². The molecule has 0 aromatic carbocycles. The summed E-state index contributed by atoms with van der Waals surface area (Å²) in [6, 6.07) is 2.88. The number of halogens is 2. The second kappa shape index (κ2) is 5.07. The van der Waals surface area contributed by atoms with Crippen molar-refractivity contribution in [1.82, 2.24) is 4.98 Å². The third-order valence-electron chi connectivity index (χ3n) is 2.35. The Labute approximate surface area is 97.2 Å². The van der Waals surface area contributed by atoms with Crippen LogP contribution in [-0.4, -0.2) is 29.1 Å². The summed E-state index contributed by atoms with van der Waals surface area (Å²) in [5.41, 5.74) is -0.594. The minimum absolute atomic E-state index is 0.0511. The number of hydrogen-bond acceptors (Lipinski definition) is 3. The summed E-state index contributed by atoms with van der Waals surface area (Å²) in [6.45, 7) is 2.34. The number of aromatic nitrogens is 1. The zero-order valence-electron chi connectivity index (χ0n) is 9.48. The maximum Gasteiger partial charge on any atom is 0.313 e. The molecule has 0 aliphatic carbocycles. The monoisotopic (exact) mass is 245 g/mol. The van der Waals surface area contributed by atoms with E-state index in [0.29, 0.717) is 5.56 Å². The van der Waals surface area contributed by atoms with Gasteiger partial charge in [0.05, 0.1) is 5.41 Å². The summed E-state index contributed by atoms with van der Waals surface area (Å²) >= 11 is 0. The lowest BCUT2D eigenvalue weighted by Crippen LogP contribution is -2.28. The van der Waals surface area contributed by atoms with Crippen LogP contribution >= 0.6 is 0 Å². The van der Waals surface area contributed by atoms with Crippen LogP contribution in [-0.2, 0) is 10.2 Å². The van der Waals surface area contributed by atoms with Gasteiger partial charge in [0.15, 0.2) is 6.61 Å². The molecule has 0 saturated heterocycles. The van der Waals surface area contributed by atoms with Crippen LogP contribution in [0, 0.1) is 0 Å². The molecule has 94 valence electrons. The lowest BCUT2D eigenvalue weighted by Gasteiger charge is -2.19. The first-order chi connectivity index (χ1) is 7.84. The smallest absolute Gasteiger partial charge is 0.313 e. The molecule has 4 nitrogen and oxygen atoms in total. The summed E-state index contributed by atoms with van der Waals surface area (Å²) < 4.78 is 28.4. The summed E-state index contributed by atoms with van der Waals surface area (Å²) in [6.07, 6.45) is -1.25. The van der Waals surface area contributed by atoms with Gasteiger partial charge < -0.3 is 9.84 Å². The van der Waals surface area contributed by atoms with Crippen LogP contribution in [0.3, 0.4) is 0 Å². The fourth-order valence-corrected chi connectivity index (χ4v) is 1.11. The van der Waals surface area contributed by atoms with Gasteiger partial charge in [-0.25, -0.2) is 13.8 Å². The number of carboxylic acid groups (broad SMARTS) is 1. The molecule has 0 radical (unpaired) electrons. The summed E-state index contributed by atoms with van der Waals surface area (Å²) in [5.74, 6) is -0.934. The number of carbonyl (C=O) groups is 1. The van der Waals surface area contributed by atoms with Crippen molar-refractivity contribution < 1.29 is 23.4 Å². The zero-order chi connectivity index (χ0) is 13.1. The molecule has 1 heterocycles. The van der Waals surface area contributed by atoms with Crippen molar-refractivity contribution in [3.8, 4) is 5.88 Å². The molecule has 1 rings (SSSR count). The zero-order valence-corrected chi connectivity index (χ0v) is 9.48. The molecule has 6 heteroatoms. The molecule has 0 atom stereocenters. The largest absolute Gasteiger partial charge is 0.481 e. The van der Waals surface area contributed by atoms with E-state index in [0.717, 1.165) is 0 Å². The van der Waals surface area contributed by atoms with Crippen molar-refractivity contribution in [1.29, 1.82) is 0 Å². The van der Waals surface area contributed by atoms with Crippen molar-refractivity contribution in [2.45, 2.75) is 25.7 Å². The number of ether oxygens (including phenoxy) is 1. The fraction of sp³-hybridized carbons (Fsp3) is 0.455. The summed E-state index contributed by atoms with van der Waals surface area (Å²) in [7, 11) is 0. The molecule has 0 unspecified atom stereocenters. The number of pyridine rings is 1. The standard InChI is InChI=1S/C11H13F2NO3/c1-11(2,10(15)16)7-3-4-9(14-5-7)17-6-8(12)13/h3-5,8H,6H2,1-2H3,(H,15,16). The Morgan fingerprint density at radius 2 is 2.18 bits per heavy atom. The first kappa shape index (κ1) is 13.3. The molecule has 0 spiro atoms. The highest BCUT2D eigenvalue weighted by Gasteiger charge is 2.29. The molecule has 17 heavy (non-hydrogen) atoms. The van der Waals surface area contributed by atoms with Crippen LogP contribution < -0.4 is 4.74 Å². The highest BCUT2D eigenvalue weighted by molar-refractivity contribution is 5.80. The van der Waals surface area contributed by atoms with Crippen molar-refractivity contribution in [3.63, 3.8) is 0 Å². The van der Waals surface area contributed by atoms with E-state index >= 15 is 0 Å². The van der Waals surface area contributed by atoms with E-state index in [-0.39, 0.29) is 5.88 Å². The number of alkyl halides is 2. The number of aliphatic carboxylic acids is 1. The number of nitrogens with zero attached hydrogens (tertiary/aromatic N) is 1. The van der Waals surface area contributed by atoms with Crippen LogP contribution in [0.2, 0.25) is 0 Å². The molecule has 1 aromatic heterocycles.